The maximum absolute atomic E-state index is 11.6. The number of aryl methyl sites for hydroxylation is 1. The quantitative estimate of drug-likeness (QED) is 0.928. The van der Waals surface area contributed by atoms with Gasteiger partial charge in [0.1, 0.15) is 5.02 Å². The Kier molecular flexibility index (Phi) is 3.83. The molecule has 0 aliphatic carbocycles. The highest BCUT2D eigenvalue weighted by Gasteiger charge is 2.06. The number of halogens is 1. The van der Waals surface area contributed by atoms with Gasteiger partial charge in [0.15, 0.2) is 0 Å². The van der Waals surface area contributed by atoms with E-state index >= 15 is 0 Å². The van der Waals surface area contributed by atoms with E-state index in [2.05, 4.69) is 16.5 Å². The number of nitrogens with zero attached hydrogens (tertiary/aromatic N) is 3. The first-order valence-electron chi connectivity index (χ1n) is 5.56. The fourth-order valence-electron chi connectivity index (χ4n) is 1.53. The van der Waals surface area contributed by atoms with Gasteiger partial charge in [-0.2, -0.15) is 10.4 Å². The number of aromatic nitrogens is 2. The van der Waals surface area contributed by atoms with Crippen LogP contribution in [-0.2, 0) is 13.6 Å². The molecule has 0 aliphatic heterocycles. The van der Waals surface area contributed by atoms with Gasteiger partial charge in [-0.3, -0.25) is 4.79 Å². The highest BCUT2D eigenvalue weighted by atomic mass is 35.5. The smallest absolute Gasteiger partial charge is 0.287 e. The Hall–Kier alpha value is -2.32. The molecule has 0 radical (unpaired) electrons. The van der Waals surface area contributed by atoms with E-state index in [0.29, 0.717) is 17.8 Å². The van der Waals surface area contributed by atoms with Crippen LogP contribution in [0, 0.1) is 11.3 Å². The SMILES string of the molecule is Cn1ncc(NCc2ccc(C#N)cc2)c(Cl)c1=O. The average molecular weight is 275 g/mol. The van der Waals surface area contributed by atoms with Crippen molar-refractivity contribution in [2.75, 3.05) is 5.32 Å². The Morgan fingerprint density at radius 1 is 1.42 bits per heavy atom. The zero-order chi connectivity index (χ0) is 13.8. The van der Waals surface area contributed by atoms with Gasteiger partial charge >= 0.3 is 0 Å². The third-order valence-corrected chi connectivity index (χ3v) is 3.01. The van der Waals surface area contributed by atoms with E-state index in [1.165, 1.54) is 10.9 Å². The molecule has 96 valence electrons. The summed E-state index contributed by atoms with van der Waals surface area (Å²) in [6.07, 6.45) is 1.51. The highest BCUT2D eigenvalue weighted by Crippen LogP contribution is 2.16. The van der Waals surface area contributed by atoms with Crippen molar-refractivity contribution in [3.05, 3.63) is 57.0 Å². The summed E-state index contributed by atoms with van der Waals surface area (Å²) in [6, 6.07) is 9.21. The number of anilines is 1. The van der Waals surface area contributed by atoms with Crippen molar-refractivity contribution < 1.29 is 0 Å². The summed E-state index contributed by atoms with van der Waals surface area (Å²) < 4.78 is 1.18. The summed E-state index contributed by atoms with van der Waals surface area (Å²) in [5.74, 6) is 0. The number of hydrogen-bond acceptors (Lipinski definition) is 4. The number of nitriles is 1. The van der Waals surface area contributed by atoms with Crippen LogP contribution in [0.25, 0.3) is 0 Å². The largest absolute Gasteiger partial charge is 0.378 e. The normalized spacial score (nSPS) is 9.95. The minimum Gasteiger partial charge on any atom is -0.378 e. The second-order valence-corrected chi connectivity index (χ2v) is 4.34. The van der Waals surface area contributed by atoms with E-state index in [0.717, 1.165) is 5.56 Å². The van der Waals surface area contributed by atoms with Crippen molar-refractivity contribution >= 4 is 17.3 Å². The van der Waals surface area contributed by atoms with Crippen molar-refractivity contribution in [1.29, 1.82) is 5.26 Å². The summed E-state index contributed by atoms with van der Waals surface area (Å²) in [6.45, 7) is 0.500. The summed E-state index contributed by atoms with van der Waals surface area (Å²) in [4.78, 5) is 11.6. The van der Waals surface area contributed by atoms with Crippen LogP contribution in [-0.4, -0.2) is 9.78 Å². The lowest BCUT2D eigenvalue weighted by Gasteiger charge is -2.08. The molecular weight excluding hydrogens is 264 g/mol. The van der Waals surface area contributed by atoms with Gasteiger partial charge in [-0.15, -0.1) is 0 Å². The molecular formula is C13H11ClN4O. The van der Waals surface area contributed by atoms with Crippen molar-refractivity contribution in [1.82, 2.24) is 9.78 Å². The average Bonchev–Trinajstić information content (AvgIpc) is 2.45. The lowest BCUT2D eigenvalue weighted by Crippen LogP contribution is -2.21. The zero-order valence-electron chi connectivity index (χ0n) is 10.2. The fraction of sp³-hybridized carbons (Fsp3) is 0.154. The summed E-state index contributed by atoms with van der Waals surface area (Å²) in [5.41, 5.74) is 1.74. The maximum Gasteiger partial charge on any atom is 0.287 e. The zero-order valence-corrected chi connectivity index (χ0v) is 11.0. The monoisotopic (exact) mass is 274 g/mol. The summed E-state index contributed by atoms with van der Waals surface area (Å²) >= 11 is 5.93. The van der Waals surface area contributed by atoms with E-state index in [1.54, 1.807) is 19.2 Å². The molecule has 0 bridgehead atoms. The second kappa shape index (κ2) is 5.55. The van der Waals surface area contributed by atoms with E-state index in [9.17, 15) is 4.79 Å². The Balaban J connectivity index is 2.12. The number of benzene rings is 1. The predicted molar refractivity (Wildman–Crippen MR) is 73.0 cm³/mol. The van der Waals surface area contributed by atoms with Crippen molar-refractivity contribution in [3.8, 4) is 6.07 Å². The third-order valence-electron chi connectivity index (χ3n) is 2.64. The van der Waals surface area contributed by atoms with Gasteiger partial charge in [0.2, 0.25) is 0 Å². The number of rotatable bonds is 3. The molecule has 0 atom stereocenters. The Bertz CT molecular complexity index is 685. The molecule has 1 N–H and O–H groups in total. The molecule has 6 heteroatoms. The van der Waals surface area contributed by atoms with E-state index in [-0.39, 0.29) is 10.6 Å². The molecule has 1 aromatic heterocycles. The Morgan fingerprint density at radius 2 is 2.11 bits per heavy atom. The topological polar surface area (TPSA) is 70.7 Å². The molecule has 0 amide bonds. The lowest BCUT2D eigenvalue weighted by molar-refractivity contribution is 0.708. The Labute approximate surface area is 115 Å². The molecule has 0 saturated carbocycles. The van der Waals surface area contributed by atoms with Crippen LogP contribution in [0.3, 0.4) is 0 Å². The van der Waals surface area contributed by atoms with Crippen LogP contribution in [0.2, 0.25) is 5.02 Å². The standard InChI is InChI=1S/C13H11ClN4O/c1-18-13(19)12(14)11(8-17-18)16-7-10-4-2-9(6-15)3-5-10/h2-5,8,16H,7H2,1H3. The minimum atomic E-state index is -0.341. The van der Waals surface area contributed by atoms with E-state index in [4.69, 9.17) is 16.9 Å². The fourth-order valence-corrected chi connectivity index (χ4v) is 1.77. The number of hydrogen-bond donors (Lipinski definition) is 1. The molecule has 2 aromatic rings. The van der Waals surface area contributed by atoms with Crippen LogP contribution in [0.15, 0.2) is 35.3 Å². The molecule has 0 saturated heterocycles. The first kappa shape index (κ1) is 13.1. The van der Waals surface area contributed by atoms with Crippen molar-refractivity contribution in [2.24, 2.45) is 7.05 Å². The van der Waals surface area contributed by atoms with Crippen LogP contribution in [0.5, 0.6) is 0 Å². The third kappa shape index (κ3) is 2.92. The van der Waals surface area contributed by atoms with Gasteiger partial charge in [-0.1, -0.05) is 23.7 Å². The highest BCUT2D eigenvalue weighted by molar-refractivity contribution is 6.32. The first-order chi connectivity index (χ1) is 9.11. The van der Waals surface area contributed by atoms with Crippen LogP contribution in [0.4, 0.5) is 5.69 Å². The molecule has 1 heterocycles. The molecule has 0 aliphatic rings. The summed E-state index contributed by atoms with van der Waals surface area (Å²) in [7, 11) is 1.54. The van der Waals surface area contributed by atoms with Crippen LogP contribution >= 0.6 is 11.6 Å². The molecule has 19 heavy (non-hydrogen) atoms. The molecule has 5 nitrogen and oxygen atoms in total. The molecule has 1 aromatic carbocycles. The van der Waals surface area contributed by atoms with Crippen LogP contribution in [0.1, 0.15) is 11.1 Å². The van der Waals surface area contributed by atoms with Gasteiger partial charge in [0.25, 0.3) is 5.56 Å². The van der Waals surface area contributed by atoms with Gasteiger partial charge in [0, 0.05) is 13.6 Å². The lowest BCUT2D eigenvalue weighted by atomic mass is 10.1. The minimum absolute atomic E-state index is 0.117. The predicted octanol–water partition coefficient (Wildman–Crippen LogP) is 1.92. The van der Waals surface area contributed by atoms with Crippen molar-refractivity contribution in [2.45, 2.75) is 6.54 Å². The summed E-state index contributed by atoms with van der Waals surface area (Å²) in [5, 5.41) is 15.8. The molecule has 0 unspecified atom stereocenters. The second-order valence-electron chi connectivity index (χ2n) is 3.96. The molecule has 0 spiro atoms. The van der Waals surface area contributed by atoms with Gasteiger partial charge in [0.05, 0.1) is 23.5 Å². The Morgan fingerprint density at radius 3 is 2.74 bits per heavy atom. The number of nitrogens with one attached hydrogen (secondary N) is 1. The maximum atomic E-state index is 11.6. The van der Waals surface area contributed by atoms with Gasteiger partial charge in [-0.05, 0) is 17.7 Å². The van der Waals surface area contributed by atoms with E-state index < -0.39 is 0 Å². The van der Waals surface area contributed by atoms with Crippen LogP contribution < -0.4 is 10.9 Å². The molecule has 2 rings (SSSR count). The van der Waals surface area contributed by atoms with Gasteiger partial charge < -0.3 is 5.32 Å². The first-order valence-corrected chi connectivity index (χ1v) is 5.94. The van der Waals surface area contributed by atoms with Gasteiger partial charge in [-0.25, -0.2) is 4.68 Å². The van der Waals surface area contributed by atoms with E-state index in [1.807, 2.05) is 12.1 Å². The van der Waals surface area contributed by atoms with Crippen molar-refractivity contribution in [3.63, 3.8) is 0 Å². The molecule has 0 fully saturated rings.